The first-order chi connectivity index (χ1) is 10.8. The summed E-state index contributed by atoms with van der Waals surface area (Å²) in [6.07, 6.45) is 1.75. The summed E-state index contributed by atoms with van der Waals surface area (Å²) in [4.78, 5) is 14.0. The molecule has 0 N–H and O–H groups in total. The van der Waals surface area contributed by atoms with E-state index >= 15 is 0 Å². The van der Waals surface area contributed by atoms with Gasteiger partial charge < -0.3 is 14.4 Å². The zero-order valence-electron chi connectivity index (χ0n) is 14.1. The molecule has 1 aliphatic heterocycles. The normalized spacial score (nSPS) is 21.5. The number of alkyl halides is 1. The van der Waals surface area contributed by atoms with Crippen molar-refractivity contribution in [2.24, 2.45) is 0 Å². The van der Waals surface area contributed by atoms with E-state index in [1.807, 2.05) is 26.8 Å². The molecule has 0 saturated carbocycles. The number of halogens is 1. The van der Waals surface area contributed by atoms with Crippen molar-refractivity contribution < 1.29 is 14.3 Å². The van der Waals surface area contributed by atoms with Gasteiger partial charge >= 0.3 is 6.09 Å². The van der Waals surface area contributed by atoms with E-state index in [2.05, 4.69) is 40.2 Å². The molecule has 4 nitrogen and oxygen atoms in total. The first-order valence-electron chi connectivity index (χ1n) is 8.13. The van der Waals surface area contributed by atoms with E-state index in [1.165, 1.54) is 5.56 Å². The second-order valence-corrected chi connectivity index (χ2v) is 8.08. The molecule has 23 heavy (non-hydrogen) atoms. The van der Waals surface area contributed by atoms with Crippen LogP contribution in [0.25, 0.3) is 0 Å². The second-order valence-electron chi connectivity index (χ2n) is 6.90. The topological polar surface area (TPSA) is 38.8 Å². The molecule has 1 aliphatic rings. The summed E-state index contributed by atoms with van der Waals surface area (Å²) in [7, 11) is 0. The highest BCUT2D eigenvalue weighted by atomic mass is 79.9. The Kier molecular flexibility index (Phi) is 6.48. The molecule has 2 rings (SSSR count). The van der Waals surface area contributed by atoms with Crippen molar-refractivity contribution in [3.05, 3.63) is 35.9 Å². The number of amides is 1. The van der Waals surface area contributed by atoms with Gasteiger partial charge in [-0.2, -0.15) is 0 Å². The van der Waals surface area contributed by atoms with Gasteiger partial charge in [0.05, 0.1) is 17.5 Å². The lowest BCUT2D eigenvalue weighted by Crippen LogP contribution is -2.36. The Balaban J connectivity index is 1.71. The van der Waals surface area contributed by atoms with Crippen molar-refractivity contribution >= 4 is 22.0 Å². The van der Waals surface area contributed by atoms with Gasteiger partial charge in [-0.25, -0.2) is 4.79 Å². The fourth-order valence-electron chi connectivity index (χ4n) is 2.52. The van der Waals surface area contributed by atoms with Gasteiger partial charge in [0.2, 0.25) is 0 Å². The number of carbonyl (C=O) groups is 1. The van der Waals surface area contributed by atoms with Crippen LogP contribution in [0, 0.1) is 0 Å². The highest BCUT2D eigenvalue weighted by Gasteiger charge is 2.36. The van der Waals surface area contributed by atoms with Crippen molar-refractivity contribution in [3.63, 3.8) is 0 Å². The van der Waals surface area contributed by atoms with E-state index in [1.54, 1.807) is 4.90 Å². The molecule has 2 atom stereocenters. The van der Waals surface area contributed by atoms with E-state index in [4.69, 9.17) is 9.47 Å². The Morgan fingerprint density at radius 3 is 2.61 bits per heavy atom. The number of nitrogens with zero attached hydrogens (tertiary/aromatic N) is 1. The van der Waals surface area contributed by atoms with Crippen molar-refractivity contribution in [1.29, 1.82) is 0 Å². The van der Waals surface area contributed by atoms with Crippen molar-refractivity contribution in [2.45, 2.75) is 50.1 Å². The van der Waals surface area contributed by atoms with Crippen LogP contribution in [0.2, 0.25) is 0 Å². The predicted octanol–water partition coefficient (Wildman–Crippen LogP) is 4.02. The summed E-state index contributed by atoms with van der Waals surface area (Å²) in [6, 6.07) is 10.4. The molecule has 128 valence electrons. The summed E-state index contributed by atoms with van der Waals surface area (Å²) in [6.45, 7) is 7.54. The third kappa shape index (κ3) is 6.15. The number of hydrogen-bond donors (Lipinski definition) is 0. The summed E-state index contributed by atoms with van der Waals surface area (Å²) >= 11 is 3.62. The van der Waals surface area contributed by atoms with E-state index in [0.717, 1.165) is 12.8 Å². The van der Waals surface area contributed by atoms with Gasteiger partial charge in [-0.1, -0.05) is 46.3 Å². The van der Waals surface area contributed by atoms with Gasteiger partial charge in [0.1, 0.15) is 5.60 Å². The lowest BCUT2D eigenvalue weighted by atomic mass is 10.1. The number of rotatable bonds is 5. The van der Waals surface area contributed by atoms with E-state index < -0.39 is 5.60 Å². The highest BCUT2D eigenvalue weighted by molar-refractivity contribution is 9.09. The van der Waals surface area contributed by atoms with Crippen molar-refractivity contribution in [1.82, 2.24) is 4.90 Å². The summed E-state index contributed by atoms with van der Waals surface area (Å²) < 4.78 is 11.4. The fraction of sp³-hybridized carbons (Fsp3) is 0.611. The minimum absolute atomic E-state index is 0.0262. The first kappa shape index (κ1) is 18.3. The van der Waals surface area contributed by atoms with Gasteiger partial charge in [-0.05, 0) is 39.2 Å². The third-order valence-electron chi connectivity index (χ3n) is 3.63. The number of benzene rings is 1. The summed E-state index contributed by atoms with van der Waals surface area (Å²) in [5.41, 5.74) is 0.862. The Hall–Kier alpha value is -1.07. The minimum Gasteiger partial charge on any atom is -0.444 e. The van der Waals surface area contributed by atoms with Crippen molar-refractivity contribution in [3.8, 4) is 0 Å². The maximum absolute atomic E-state index is 12.1. The molecule has 0 aromatic heterocycles. The zero-order valence-corrected chi connectivity index (χ0v) is 15.7. The summed E-state index contributed by atoms with van der Waals surface area (Å²) in [5, 5.41) is 0. The van der Waals surface area contributed by atoms with Crippen LogP contribution in [0.15, 0.2) is 30.3 Å². The monoisotopic (exact) mass is 383 g/mol. The number of likely N-dealkylation sites (tertiary alicyclic amines) is 1. The quantitative estimate of drug-likeness (QED) is 0.569. The Morgan fingerprint density at radius 1 is 1.26 bits per heavy atom. The predicted molar refractivity (Wildman–Crippen MR) is 95.0 cm³/mol. The lowest BCUT2D eigenvalue weighted by Gasteiger charge is -2.24. The highest BCUT2D eigenvalue weighted by Crippen LogP contribution is 2.23. The Morgan fingerprint density at radius 2 is 1.96 bits per heavy atom. The standard InChI is InChI=1S/C18H26BrNO3/c1-18(2,3)23-17(21)20-12-15(19)16(13-20)22-11-7-10-14-8-5-4-6-9-14/h4-6,8-9,15-16H,7,10-13H2,1-3H3. The summed E-state index contributed by atoms with van der Waals surface area (Å²) in [5.74, 6) is 0. The largest absolute Gasteiger partial charge is 0.444 e. The third-order valence-corrected chi connectivity index (χ3v) is 4.51. The van der Waals surface area contributed by atoms with Crippen LogP contribution in [0.5, 0.6) is 0 Å². The molecule has 5 heteroatoms. The number of hydrogen-bond acceptors (Lipinski definition) is 3. The molecule has 2 unspecified atom stereocenters. The van der Waals surface area contributed by atoms with Crippen molar-refractivity contribution in [2.75, 3.05) is 19.7 Å². The second kappa shape index (κ2) is 8.15. The van der Waals surface area contributed by atoms with Crippen LogP contribution in [0.4, 0.5) is 4.79 Å². The van der Waals surface area contributed by atoms with Gasteiger partial charge in [0.15, 0.2) is 0 Å². The molecule has 0 radical (unpaired) electrons. The minimum atomic E-state index is -0.465. The van der Waals surface area contributed by atoms with E-state index in [9.17, 15) is 4.79 Å². The molecule has 0 aliphatic carbocycles. The maximum Gasteiger partial charge on any atom is 0.410 e. The first-order valence-corrected chi connectivity index (χ1v) is 9.04. The molecule has 1 aromatic rings. The molecule has 0 bridgehead atoms. The van der Waals surface area contributed by atoms with Gasteiger partial charge in [-0.15, -0.1) is 0 Å². The molecule has 1 fully saturated rings. The smallest absolute Gasteiger partial charge is 0.410 e. The Labute approximate surface area is 147 Å². The lowest BCUT2D eigenvalue weighted by molar-refractivity contribution is 0.0211. The average Bonchev–Trinajstić information content (AvgIpc) is 2.84. The fourth-order valence-corrected chi connectivity index (χ4v) is 3.19. The Bertz CT molecular complexity index is 501. The molecular weight excluding hydrogens is 358 g/mol. The van der Waals surface area contributed by atoms with Gasteiger partial charge in [0.25, 0.3) is 0 Å². The maximum atomic E-state index is 12.1. The molecule has 1 heterocycles. The molecule has 1 aromatic carbocycles. The van der Waals surface area contributed by atoms with Crippen LogP contribution in [-0.4, -0.2) is 47.2 Å². The molecule has 0 spiro atoms. The number of ether oxygens (including phenoxy) is 2. The molecular formula is C18H26BrNO3. The number of aryl methyl sites for hydroxylation is 1. The van der Waals surface area contributed by atoms with E-state index in [-0.39, 0.29) is 17.0 Å². The zero-order chi connectivity index (χ0) is 16.9. The molecule has 1 saturated heterocycles. The number of carbonyl (C=O) groups excluding carboxylic acids is 1. The van der Waals surface area contributed by atoms with Crippen LogP contribution < -0.4 is 0 Å². The van der Waals surface area contributed by atoms with Crippen LogP contribution in [0.1, 0.15) is 32.8 Å². The van der Waals surface area contributed by atoms with E-state index in [0.29, 0.717) is 19.7 Å². The van der Waals surface area contributed by atoms with Crippen LogP contribution >= 0.6 is 15.9 Å². The molecule has 1 amide bonds. The van der Waals surface area contributed by atoms with Crippen LogP contribution in [-0.2, 0) is 15.9 Å². The average molecular weight is 384 g/mol. The van der Waals surface area contributed by atoms with Gasteiger partial charge in [-0.3, -0.25) is 0 Å². The van der Waals surface area contributed by atoms with Gasteiger partial charge in [0, 0.05) is 13.2 Å². The SMILES string of the molecule is CC(C)(C)OC(=O)N1CC(Br)C(OCCCc2ccccc2)C1. The van der Waals surface area contributed by atoms with Crippen LogP contribution in [0.3, 0.4) is 0 Å².